The zero-order chi connectivity index (χ0) is 9.42. The van der Waals surface area contributed by atoms with Crippen LogP contribution >= 0.6 is 24.0 Å². The van der Waals surface area contributed by atoms with E-state index in [-0.39, 0.29) is 5.75 Å². The van der Waals surface area contributed by atoms with Crippen molar-refractivity contribution in [3.63, 3.8) is 0 Å². The summed E-state index contributed by atoms with van der Waals surface area (Å²) >= 11 is 5.76. The van der Waals surface area contributed by atoms with E-state index < -0.39 is 0 Å². The van der Waals surface area contributed by atoms with Gasteiger partial charge in [0.15, 0.2) is 5.06 Å². The van der Waals surface area contributed by atoms with Crippen LogP contribution in [-0.2, 0) is 0 Å². The fraction of sp³-hybridized carbons (Fsp3) is 0.111. The smallest absolute Gasteiger partial charge is 0.174 e. The fourth-order valence-corrected chi connectivity index (χ4v) is 2.51. The van der Waals surface area contributed by atoms with Crippen LogP contribution in [0.25, 0.3) is 10.1 Å². The third-order valence-corrected chi connectivity index (χ3v) is 3.19. The summed E-state index contributed by atoms with van der Waals surface area (Å²) in [5.74, 6) is 0.238. The van der Waals surface area contributed by atoms with Crippen molar-refractivity contribution in [2.45, 2.75) is 4.90 Å². The summed E-state index contributed by atoms with van der Waals surface area (Å²) in [6, 6.07) is 5.25. The van der Waals surface area contributed by atoms with Crippen molar-refractivity contribution >= 4 is 34.1 Å². The maximum absolute atomic E-state index is 9.31. The average Bonchev–Trinajstić information content (AvgIpc) is 2.47. The first-order valence-electron chi connectivity index (χ1n) is 3.70. The minimum atomic E-state index is 0.238. The van der Waals surface area contributed by atoms with Gasteiger partial charge in [-0.25, -0.2) is 0 Å². The molecule has 0 aliphatic carbocycles. The van der Waals surface area contributed by atoms with Crippen LogP contribution in [0.4, 0.5) is 0 Å². The Morgan fingerprint density at radius 2 is 2.15 bits per heavy atom. The van der Waals surface area contributed by atoms with E-state index >= 15 is 0 Å². The van der Waals surface area contributed by atoms with E-state index in [4.69, 9.17) is 4.74 Å². The summed E-state index contributed by atoms with van der Waals surface area (Å²) in [6.07, 6.45) is 0. The number of thiophene rings is 1. The number of hydrogen-bond acceptors (Lipinski definition) is 4. The molecule has 0 aliphatic heterocycles. The highest BCUT2D eigenvalue weighted by atomic mass is 32.1. The maximum Gasteiger partial charge on any atom is 0.174 e. The van der Waals surface area contributed by atoms with Gasteiger partial charge in [-0.2, -0.15) is 0 Å². The van der Waals surface area contributed by atoms with Crippen molar-refractivity contribution in [3.8, 4) is 10.8 Å². The molecule has 0 radical (unpaired) electrons. The third kappa shape index (κ3) is 1.47. The molecule has 0 amide bonds. The first kappa shape index (κ1) is 8.72. The Balaban J connectivity index is 2.75. The molecule has 13 heavy (non-hydrogen) atoms. The fourth-order valence-electron chi connectivity index (χ4n) is 1.18. The number of fused-ring (bicyclic) bond motifs is 1. The van der Waals surface area contributed by atoms with Crippen LogP contribution in [-0.4, -0.2) is 12.2 Å². The van der Waals surface area contributed by atoms with E-state index in [1.165, 1.54) is 11.3 Å². The Labute approximate surface area is 85.2 Å². The van der Waals surface area contributed by atoms with Crippen molar-refractivity contribution in [1.29, 1.82) is 0 Å². The van der Waals surface area contributed by atoms with Crippen molar-refractivity contribution in [1.82, 2.24) is 0 Å². The summed E-state index contributed by atoms with van der Waals surface area (Å²) in [6.45, 7) is 0. The predicted octanol–water partition coefficient (Wildman–Crippen LogP) is 2.90. The van der Waals surface area contributed by atoms with E-state index in [2.05, 4.69) is 12.6 Å². The topological polar surface area (TPSA) is 29.5 Å². The number of rotatable bonds is 1. The molecule has 0 atom stereocenters. The molecule has 0 aliphatic rings. The van der Waals surface area contributed by atoms with E-state index in [0.29, 0.717) is 0 Å². The Hall–Kier alpha value is -0.870. The predicted molar refractivity (Wildman–Crippen MR) is 57.3 cm³/mol. The second-order valence-corrected chi connectivity index (χ2v) is 4.17. The molecule has 1 aromatic carbocycles. The summed E-state index contributed by atoms with van der Waals surface area (Å²) in [7, 11) is 1.63. The van der Waals surface area contributed by atoms with Crippen LogP contribution in [0.5, 0.6) is 10.8 Å². The molecule has 0 bridgehead atoms. The van der Waals surface area contributed by atoms with Gasteiger partial charge in [-0.3, -0.25) is 0 Å². The number of methoxy groups -OCH3 is 1. The summed E-state index contributed by atoms with van der Waals surface area (Å²) in [5, 5.41) is 11.2. The molecular weight excluding hydrogens is 204 g/mol. The van der Waals surface area contributed by atoms with Crippen LogP contribution in [0.2, 0.25) is 0 Å². The summed E-state index contributed by atoms with van der Waals surface area (Å²) in [5.41, 5.74) is 0. The normalized spacial score (nSPS) is 10.6. The number of aromatic hydroxyl groups is 1. The lowest BCUT2D eigenvalue weighted by Gasteiger charge is -1.95. The van der Waals surface area contributed by atoms with Crippen molar-refractivity contribution in [2.75, 3.05) is 7.11 Å². The van der Waals surface area contributed by atoms with Crippen LogP contribution in [0, 0.1) is 0 Å². The zero-order valence-electron chi connectivity index (χ0n) is 6.94. The van der Waals surface area contributed by atoms with Gasteiger partial charge in [-0.1, -0.05) is 11.3 Å². The van der Waals surface area contributed by atoms with Gasteiger partial charge in [0.2, 0.25) is 0 Å². The van der Waals surface area contributed by atoms with Gasteiger partial charge in [0.1, 0.15) is 5.75 Å². The molecule has 0 saturated carbocycles. The van der Waals surface area contributed by atoms with Gasteiger partial charge in [-0.05, 0) is 12.1 Å². The van der Waals surface area contributed by atoms with Crippen LogP contribution in [0.1, 0.15) is 0 Å². The Morgan fingerprint density at radius 3 is 2.85 bits per heavy atom. The van der Waals surface area contributed by atoms with Gasteiger partial charge in [0.25, 0.3) is 0 Å². The molecule has 0 unspecified atom stereocenters. The summed E-state index contributed by atoms with van der Waals surface area (Å²) in [4.78, 5) is 0.773. The lowest BCUT2D eigenvalue weighted by molar-refractivity contribution is 0.427. The quantitative estimate of drug-likeness (QED) is 0.712. The molecular formula is C9H8O2S2. The second-order valence-electron chi connectivity index (χ2n) is 2.65. The monoisotopic (exact) mass is 212 g/mol. The first-order chi connectivity index (χ1) is 6.20. The molecule has 68 valence electrons. The molecule has 2 rings (SSSR count). The number of hydrogen-bond donors (Lipinski definition) is 2. The molecule has 0 saturated heterocycles. The van der Waals surface area contributed by atoms with Gasteiger partial charge < -0.3 is 9.84 Å². The highest BCUT2D eigenvalue weighted by Gasteiger charge is 2.05. The first-order valence-corrected chi connectivity index (χ1v) is 4.96. The van der Waals surface area contributed by atoms with Crippen molar-refractivity contribution in [3.05, 3.63) is 18.2 Å². The van der Waals surface area contributed by atoms with E-state index in [1.54, 1.807) is 19.2 Å². The SMILES string of the molecule is COc1cc2c(S)cc(O)cc2s1. The lowest BCUT2D eigenvalue weighted by atomic mass is 10.2. The molecule has 2 aromatic rings. The number of phenolic OH excluding ortho intramolecular Hbond substituents is 1. The number of thiol groups is 1. The highest BCUT2D eigenvalue weighted by molar-refractivity contribution is 7.80. The molecule has 1 aromatic heterocycles. The van der Waals surface area contributed by atoms with Crippen molar-refractivity contribution in [2.24, 2.45) is 0 Å². The summed E-state index contributed by atoms with van der Waals surface area (Å²) < 4.78 is 6.08. The van der Waals surface area contributed by atoms with E-state index in [1.807, 2.05) is 6.07 Å². The second kappa shape index (κ2) is 3.12. The van der Waals surface area contributed by atoms with Gasteiger partial charge in [0, 0.05) is 21.0 Å². The average molecular weight is 212 g/mol. The Kier molecular flexibility index (Phi) is 2.09. The van der Waals surface area contributed by atoms with E-state index in [9.17, 15) is 5.11 Å². The Bertz CT molecular complexity index is 448. The number of phenols is 1. The molecule has 4 heteroatoms. The minimum Gasteiger partial charge on any atom is -0.508 e. The third-order valence-electron chi connectivity index (χ3n) is 1.78. The van der Waals surface area contributed by atoms with Gasteiger partial charge in [0.05, 0.1) is 7.11 Å². The lowest BCUT2D eigenvalue weighted by Crippen LogP contribution is -1.73. The number of benzene rings is 1. The van der Waals surface area contributed by atoms with Gasteiger partial charge >= 0.3 is 0 Å². The molecule has 1 N–H and O–H groups in total. The van der Waals surface area contributed by atoms with Crippen molar-refractivity contribution < 1.29 is 9.84 Å². The largest absolute Gasteiger partial charge is 0.508 e. The van der Waals surface area contributed by atoms with Crippen LogP contribution in [0.15, 0.2) is 23.1 Å². The number of ether oxygens (including phenoxy) is 1. The molecule has 0 spiro atoms. The molecule has 1 heterocycles. The minimum absolute atomic E-state index is 0.238. The molecule has 0 fully saturated rings. The van der Waals surface area contributed by atoms with Crippen LogP contribution in [0.3, 0.4) is 0 Å². The standard InChI is InChI=1S/C9H8O2S2/c1-11-9-4-6-7(12)2-5(10)3-8(6)13-9/h2-4,10,12H,1H3. The highest BCUT2D eigenvalue weighted by Crippen LogP contribution is 2.37. The van der Waals surface area contributed by atoms with Gasteiger partial charge in [-0.15, -0.1) is 12.6 Å². The van der Waals surface area contributed by atoms with Crippen LogP contribution < -0.4 is 4.74 Å². The Morgan fingerprint density at radius 1 is 1.38 bits per heavy atom. The van der Waals surface area contributed by atoms with E-state index in [0.717, 1.165) is 20.0 Å². The maximum atomic E-state index is 9.31. The molecule has 2 nitrogen and oxygen atoms in total. The zero-order valence-corrected chi connectivity index (χ0v) is 8.65.